The Morgan fingerprint density at radius 1 is 1.17 bits per heavy atom. The quantitative estimate of drug-likeness (QED) is 0.376. The third-order valence-corrected chi connectivity index (χ3v) is 3.55. The van der Waals surface area contributed by atoms with Crippen molar-refractivity contribution >= 4 is 76.2 Å². The molecule has 1 aromatic carbocycles. The molecular formula is C12H9Cl5N4O3. The van der Waals surface area contributed by atoms with Crippen LogP contribution in [-0.4, -0.2) is 24.8 Å². The number of hydrogen-bond acceptors (Lipinski definition) is 4. The van der Waals surface area contributed by atoms with Gasteiger partial charge in [-0.2, -0.15) is 0 Å². The number of nitrogens with zero attached hydrogens (tertiary/aromatic N) is 1. The smallest absolute Gasteiger partial charge is 0.338 e. The second kappa shape index (κ2) is 10.5. The molecule has 3 N–H and O–H groups in total. The highest BCUT2D eigenvalue weighted by Gasteiger charge is 2.07. The van der Waals surface area contributed by atoms with E-state index in [0.29, 0.717) is 15.6 Å². The molecule has 0 saturated heterocycles. The summed E-state index contributed by atoms with van der Waals surface area (Å²) in [6.45, 7) is -0.457. The molecule has 1 aromatic rings. The minimum Gasteiger partial charge on any atom is -0.386 e. The molecule has 0 unspecified atom stereocenters. The third kappa shape index (κ3) is 7.94. The molecule has 0 spiro atoms. The Bertz CT molecular complexity index is 677. The molecule has 0 aliphatic rings. The van der Waals surface area contributed by atoms with E-state index >= 15 is 0 Å². The second-order valence-electron chi connectivity index (χ2n) is 3.88. The van der Waals surface area contributed by atoms with Gasteiger partial charge in [-0.1, -0.05) is 69.2 Å². The van der Waals surface area contributed by atoms with Crippen LogP contribution in [0.5, 0.6) is 0 Å². The van der Waals surface area contributed by atoms with E-state index in [1.807, 2.05) is 10.9 Å². The monoisotopic (exact) mass is 432 g/mol. The van der Waals surface area contributed by atoms with Gasteiger partial charge in [-0.25, -0.2) is 10.2 Å². The minimum absolute atomic E-state index is 0.300. The predicted octanol–water partition coefficient (Wildman–Crippen LogP) is 3.52. The van der Waals surface area contributed by atoms with Crippen molar-refractivity contribution < 1.29 is 14.4 Å². The predicted molar refractivity (Wildman–Crippen MR) is 94.4 cm³/mol. The van der Waals surface area contributed by atoms with E-state index in [-0.39, 0.29) is 9.65 Å². The average Bonchev–Trinajstić information content (AvgIpc) is 2.51. The van der Waals surface area contributed by atoms with Crippen LogP contribution < -0.4 is 16.2 Å². The highest BCUT2D eigenvalue weighted by Crippen LogP contribution is 2.19. The molecule has 130 valence electrons. The van der Waals surface area contributed by atoms with Gasteiger partial charge in [0.15, 0.2) is 6.61 Å². The van der Waals surface area contributed by atoms with Crippen LogP contribution in [0, 0.1) is 0 Å². The summed E-state index contributed by atoms with van der Waals surface area (Å²) >= 11 is 27.8. The van der Waals surface area contributed by atoms with Crippen molar-refractivity contribution in [2.75, 3.05) is 6.61 Å². The fraction of sp³-hybridized carbons (Fsp3) is 0.0833. The Morgan fingerprint density at radius 2 is 1.88 bits per heavy atom. The lowest BCUT2D eigenvalue weighted by Gasteiger charge is -2.07. The topological polar surface area (TPSA) is 91.8 Å². The first-order chi connectivity index (χ1) is 11.3. The van der Waals surface area contributed by atoms with Gasteiger partial charge in [-0.05, 0) is 12.1 Å². The summed E-state index contributed by atoms with van der Waals surface area (Å²) in [4.78, 5) is 27.4. The van der Waals surface area contributed by atoms with E-state index in [4.69, 9.17) is 62.8 Å². The molecule has 0 bridgehead atoms. The van der Waals surface area contributed by atoms with Gasteiger partial charge in [0, 0.05) is 10.6 Å². The number of amides is 3. The first-order valence-corrected chi connectivity index (χ1v) is 7.85. The lowest BCUT2D eigenvalue weighted by Crippen LogP contribution is -2.47. The average molecular weight is 434 g/mol. The first kappa shape index (κ1) is 20.7. The van der Waals surface area contributed by atoms with Crippen LogP contribution in [0.1, 0.15) is 5.56 Å². The van der Waals surface area contributed by atoms with Crippen LogP contribution in [-0.2, 0) is 9.63 Å². The Balaban J connectivity index is 2.32. The van der Waals surface area contributed by atoms with Crippen LogP contribution in [0.2, 0.25) is 10.0 Å². The number of halogens is 5. The number of hydrogen-bond donors (Lipinski definition) is 3. The van der Waals surface area contributed by atoms with Gasteiger partial charge in [0.1, 0.15) is 9.65 Å². The van der Waals surface area contributed by atoms with Gasteiger partial charge in [0.25, 0.3) is 5.91 Å². The number of urea groups is 1. The van der Waals surface area contributed by atoms with Crippen molar-refractivity contribution in [3.05, 3.63) is 43.5 Å². The number of rotatable bonds is 5. The zero-order valence-corrected chi connectivity index (χ0v) is 15.4. The molecule has 12 heteroatoms. The van der Waals surface area contributed by atoms with Crippen LogP contribution >= 0.6 is 58.0 Å². The van der Waals surface area contributed by atoms with E-state index in [9.17, 15) is 9.59 Å². The Morgan fingerprint density at radius 3 is 2.50 bits per heavy atom. The number of hydrazine groups is 1. The molecule has 0 fully saturated rings. The molecule has 0 heterocycles. The summed E-state index contributed by atoms with van der Waals surface area (Å²) in [6, 6.07) is 3.93. The van der Waals surface area contributed by atoms with Crippen molar-refractivity contribution in [2.24, 2.45) is 5.16 Å². The number of carbonyl (C=O) groups excluding carboxylic acids is 2. The van der Waals surface area contributed by atoms with Gasteiger partial charge in [0.2, 0.25) is 0 Å². The molecular weight excluding hydrogens is 425 g/mol. The Kier molecular flexibility index (Phi) is 9.02. The molecule has 24 heavy (non-hydrogen) atoms. The minimum atomic E-state index is -0.858. The van der Waals surface area contributed by atoms with Gasteiger partial charge in [0.05, 0.1) is 11.2 Å². The van der Waals surface area contributed by atoms with E-state index < -0.39 is 18.5 Å². The lowest BCUT2D eigenvalue weighted by molar-refractivity contribution is -0.126. The van der Waals surface area contributed by atoms with E-state index in [2.05, 4.69) is 10.5 Å². The highest BCUT2D eigenvalue weighted by molar-refractivity contribution is 6.59. The van der Waals surface area contributed by atoms with E-state index in [1.165, 1.54) is 12.3 Å². The first-order valence-electron chi connectivity index (χ1n) is 5.96. The fourth-order valence-electron chi connectivity index (χ4n) is 1.14. The Labute approximate surface area is 161 Å². The van der Waals surface area contributed by atoms with Crippen LogP contribution in [0.3, 0.4) is 0 Å². The Hall–Kier alpha value is -1.38. The zero-order chi connectivity index (χ0) is 18.1. The molecule has 0 radical (unpaired) electrons. The molecule has 0 aliphatic carbocycles. The van der Waals surface area contributed by atoms with Crippen LogP contribution in [0.15, 0.2) is 33.0 Å². The van der Waals surface area contributed by atoms with E-state index in [1.54, 1.807) is 12.1 Å². The summed E-state index contributed by atoms with van der Waals surface area (Å²) in [5.41, 5.74) is 4.58. The van der Waals surface area contributed by atoms with E-state index in [0.717, 1.165) is 0 Å². The lowest BCUT2D eigenvalue weighted by atomic mass is 10.2. The van der Waals surface area contributed by atoms with Crippen molar-refractivity contribution in [1.82, 2.24) is 16.2 Å². The number of carbonyl (C=O) groups is 2. The SMILES string of the molecule is O=C(CON=Cc1ccc(Cl)cc1Cl)NNC(=O)NC(Cl)=C(Cl)Cl. The summed E-state index contributed by atoms with van der Waals surface area (Å²) < 4.78 is -0.336. The third-order valence-electron chi connectivity index (χ3n) is 2.13. The van der Waals surface area contributed by atoms with Crippen molar-refractivity contribution in [3.63, 3.8) is 0 Å². The summed E-state index contributed by atoms with van der Waals surface area (Å²) in [6.07, 6.45) is 1.30. The van der Waals surface area contributed by atoms with Crippen molar-refractivity contribution in [1.29, 1.82) is 0 Å². The normalized spacial score (nSPS) is 10.2. The van der Waals surface area contributed by atoms with Gasteiger partial charge in [-0.15, -0.1) is 0 Å². The summed E-state index contributed by atoms with van der Waals surface area (Å²) in [5.74, 6) is -0.679. The van der Waals surface area contributed by atoms with Crippen molar-refractivity contribution in [2.45, 2.75) is 0 Å². The molecule has 3 amide bonds. The van der Waals surface area contributed by atoms with Gasteiger partial charge in [-0.3, -0.25) is 15.5 Å². The fourth-order valence-corrected chi connectivity index (χ4v) is 1.77. The molecule has 0 aliphatic heterocycles. The summed E-state index contributed by atoms with van der Waals surface area (Å²) in [5, 5.41) is 6.17. The molecule has 1 rings (SSSR count). The van der Waals surface area contributed by atoms with Gasteiger partial charge >= 0.3 is 6.03 Å². The molecule has 0 saturated carbocycles. The van der Waals surface area contributed by atoms with Crippen molar-refractivity contribution in [3.8, 4) is 0 Å². The largest absolute Gasteiger partial charge is 0.386 e. The number of oxime groups is 1. The second-order valence-corrected chi connectivity index (χ2v) is 6.05. The van der Waals surface area contributed by atoms with Crippen LogP contribution in [0.25, 0.3) is 0 Å². The van der Waals surface area contributed by atoms with Gasteiger partial charge < -0.3 is 4.84 Å². The van der Waals surface area contributed by atoms with Crippen LogP contribution in [0.4, 0.5) is 4.79 Å². The maximum Gasteiger partial charge on any atom is 0.338 e. The molecule has 0 atom stereocenters. The number of benzene rings is 1. The molecule has 0 aromatic heterocycles. The molecule has 7 nitrogen and oxygen atoms in total. The zero-order valence-electron chi connectivity index (χ0n) is 11.6. The maximum absolute atomic E-state index is 11.4. The number of nitrogens with one attached hydrogen (secondary N) is 3. The maximum atomic E-state index is 11.4. The highest BCUT2D eigenvalue weighted by atomic mass is 35.5. The standard InChI is InChI=1S/C12H9Cl5N4O3/c13-7-2-1-6(8(14)3-7)4-18-24-5-9(22)20-21-12(23)19-11(17)10(15)16/h1-4H,5H2,(H,20,22)(H2,19,21,23). The summed E-state index contributed by atoms with van der Waals surface area (Å²) in [7, 11) is 0.